The Hall–Kier alpha value is -0.870. The Morgan fingerprint density at radius 3 is 3.18 bits per heavy atom. The van der Waals surface area contributed by atoms with Crippen LogP contribution in [0, 0.1) is 5.92 Å². The fourth-order valence-electron chi connectivity index (χ4n) is 2.21. The Labute approximate surface area is 103 Å². The first kappa shape index (κ1) is 12.6. The van der Waals surface area contributed by atoms with Gasteiger partial charge in [0.1, 0.15) is 0 Å². The van der Waals surface area contributed by atoms with Gasteiger partial charge in [0, 0.05) is 37.5 Å². The van der Waals surface area contributed by atoms with Crippen LogP contribution in [0.25, 0.3) is 0 Å². The molecular formula is C13H23N3O. The van der Waals surface area contributed by atoms with Gasteiger partial charge in [-0.2, -0.15) is 5.10 Å². The summed E-state index contributed by atoms with van der Waals surface area (Å²) in [5, 5.41) is 7.88. The zero-order chi connectivity index (χ0) is 12.1. The van der Waals surface area contributed by atoms with E-state index in [1.54, 1.807) is 0 Å². The molecule has 1 aliphatic heterocycles. The number of aromatic nitrogens is 2. The van der Waals surface area contributed by atoms with Crippen LogP contribution in [0.15, 0.2) is 12.4 Å². The standard InChI is InChI=1S/C13H23N3O/c1-3-16-9-13(8-15-16)11(2)14-7-12-5-4-6-17-10-12/h8-9,11-12,14H,3-7,10H2,1-2H3. The van der Waals surface area contributed by atoms with Gasteiger partial charge in [0.2, 0.25) is 0 Å². The summed E-state index contributed by atoms with van der Waals surface area (Å²) >= 11 is 0. The Morgan fingerprint density at radius 2 is 2.53 bits per heavy atom. The van der Waals surface area contributed by atoms with Gasteiger partial charge in [-0.05, 0) is 32.6 Å². The van der Waals surface area contributed by atoms with Gasteiger partial charge in [-0.15, -0.1) is 0 Å². The van der Waals surface area contributed by atoms with Gasteiger partial charge in [-0.1, -0.05) is 0 Å². The highest BCUT2D eigenvalue weighted by molar-refractivity contribution is 5.09. The Balaban J connectivity index is 1.77. The second-order valence-corrected chi connectivity index (χ2v) is 4.84. The summed E-state index contributed by atoms with van der Waals surface area (Å²) in [7, 11) is 0. The molecular weight excluding hydrogens is 214 g/mol. The van der Waals surface area contributed by atoms with E-state index in [1.807, 2.05) is 10.9 Å². The van der Waals surface area contributed by atoms with Crippen LogP contribution in [0.2, 0.25) is 0 Å². The first-order valence-corrected chi connectivity index (χ1v) is 6.63. The molecule has 17 heavy (non-hydrogen) atoms. The van der Waals surface area contributed by atoms with Crippen molar-refractivity contribution in [2.75, 3.05) is 19.8 Å². The number of rotatable bonds is 5. The van der Waals surface area contributed by atoms with Crippen LogP contribution in [-0.4, -0.2) is 29.5 Å². The van der Waals surface area contributed by atoms with Gasteiger partial charge in [-0.3, -0.25) is 4.68 Å². The van der Waals surface area contributed by atoms with Crippen LogP contribution in [0.1, 0.15) is 38.3 Å². The van der Waals surface area contributed by atoms with E-state index in [9.17, 15) is 0 Å². The lowest BCUT2D eigenvalue weighted by Crippen LogP contribution is -2.30. The molecule has 0 radical (unpaired) electrons. The van der Waals surface area contributed by atoms with Crippen molar-refractivity contribution in [2.24, 2.45) is 5.92 Å². The SMILES string of the molecule is CCn1cc(C(C)NCC2CCCOC2)cn1. The second-order valence-electron chi connectivity index (χ2n) is 4.84. The average Bonchev–Trinajstić information content (AvgIpc) is 2.86. The summed E-state index contributed by atoms with van der Waals surface area (Å²) in [6, 6.07) is 0.372. The number of hydrogen-bond acceptors (Lipinski definition) is 3. The first-order chi connectivity index (χ1) is 8.29. The second kappa shape index (κ2) is 6.17. The van der Waals surface area contributed by atoms with E-state index in [4.69, 9.17) is 4.74 Å². The maximum atomic E-state index is 5.49. The van der Waals surface area contributed by atoms with Crippen molar-refractivity contribution in [1.29, 1.82) is 0 Å². The Kier molecular flexibility index (Phi) is 4.57. The van der Waals surface area contributed by atoms with E-state index in [0.29, 0.717) is 12.0 Å². The monoisotopic (exact) mass is 237 g/mol. The fourth-order valence-corrected chi connectivity index (χ4v) is 2.21. The number of aryl methyl sites for hydroxylation is 1. The smallest absolute Gasteiger partial charge is 0.0537 e. The average molecular weight is 237 g/mol. The van der Waals surface area contributed by atoms with Gasteiger partial charge < -0.3 is 10.1 Å². The lowest BCUT2D eigenvalue weighted by molar-refractivity contribution is 0.0540. The summed E-state index contributed by atoms with van der Waals surface area (Å²) in [6.07, 6.45) is 6.57. The highest BCUT2D eigenvalue weighted by Crippen LogP contribution is 2.15. The van der Waals surface area contributed by atoms with E-state index in [1.165, 1.54) is 18.4 Å². The normalized spacial score (nSPS) is 22.6. The third kappa shape index (κ3) is 3.54. The molecule has 1 aromatic heterocycles. The van der Waals surface area contributed by atoms with Crippen molar-refractivity contribution < 1.29 is 4.74 Å². The predicted octanol–water partition coefficient (Wildman–Crippen LogP) is 1.98. The van der Waals surface area contributed by atoms with Crippen LogP contribution >= 0.6 is 0 Å². The van der Waals surface area contributed by atoms with E-state index in [-0.39, 0.29) is 0 Å². The number of hydrogen-bond donors (Lipinski definition) is 1. The zero-order valence-electron chi connectivity index (χ0n) is 10.9. The summed E-state index contributed by atoms with van der Waals surface area (Å²) in [5.74, 6) is 0.674. The summed E-state index contributed by atoms with van der Waals surface area (Å²) in [5.41, 5.74) is 1.27. The highest BCUT2D eigenvalue weighted by Gasteiger charge is 2.15. The third-order valence-corrected chi connectivity index (χ3v) is 3.44. The van der Waals surface area contributed by atoms with Gasteiger partial charge in [0.25, 0.3) is 0 Å². The molecule has 96 valence electrons. The lowest BCUT2D eigenvalue weighted by Gasteiger charge is -2.24. The third-order valence-electron chi connectivity index (χ3n) is 3.44. The molecule has 0 amide bonds. The van der Waals surface area contributed by atoms with Crippen LogP contribution in [0.5, 0.6) is 0 Å². The van der Waals surface area contributed by atoms with E-state index in [0.717, 1.165) is 26.3 Å². The Bertz CT molecular complexity index is 331. The largest absolute Gasteiger partial charge is 0.381 e. The number of nitrogens with zero attached hydrogens (tertiary/aromatic N) is 2. The predicted molar refractivity (Wildman–Crippen MR) is 67.9 cm³/mol. The highest BCUT2D eigenvalue weighted by atomic mass is 16.5. The molecule has 4 heteroatoms. The molecule has 2 unspecified atom stereocenters. The maximum Gasteiger partial charge on any atom is 0.0537 e. The quantitative estimate of drug-likeness (QED) is 0.851. The molecule has 1 saturated heterocycles. The molecule has 1 aromatic rings. The molecule has 1 aliphatic rings. The van der Waals surface area contributed by atoms with Crippen molar-refractivity contribution in [3.05, 3.63) is 18.0 Å². The molecule has 2 heterocycles. The van der Waals surface area contributed by atoms with Crippen molar-refractivity contribution >= 4 is 0 Å². The van der Waals surface area contributed by atoms with Crippen molar-refractivity contribution in [3.8, 4) is 0 Å². The first-order valence-electron chi connectivity index (χ1n) is 6.63. The van der Waals surface area contributed by atoms with Crippen molar-refractivity contribution in [3.63, 3.8) is 0 Å². The molecule has 2 atom stereocenters. The maximum absolute atomic E-state index is 5.49. The van der Waals surface area contributed by atoms with E-state index >= 15 is 0 Å². The van der Waals surface area contributed by atoms with Crippen LogP contribution in [0.3, 0.4) is 0 Å². The molecule has 0 aliphatic carbocycles. The topological polar surface area (TPSA) is 39.1 Å². The zero-order valence-corrected chi connectivity index (χ0v) is 10.9. The van der Waals surface area contributed by atoms with Gasteiger partial charge in [-0.25, -0.2) is 0 Å². The minimum Gasteiger partial charge on any atom is -0.381 e. The summed E-state index contributed by atoms with van der Waals surface area (Å²) in [6.45, 7) is 8.12. The molecule has 0 bridgehead atoms. The van der Waals surface area contributed by atoms with Crippen LogP contribution in [-0.2, 0) is 11.3 Å². The molecule has 0 aromatic carbocycles. The molecule has 4 nitrogen and oxygen atoms in total. The molecule has 0 spiro atoms. The number of ether oxygens (including phenoxy) is 1. The minimum atomic E-state index is 0.372. The summed E-state index contributed by atoms with van der Waals surface area (Å²) in [4.78, 5) is 0. The van der Waals surface area contributed by atoms with Gasteiger partial charge >= 0.3 is 0 Å². The Morgan fingerprint density at radius 1 is 1.65 bits per heavy atom. The molecule has 2 rings (SSSR count). The molecule has 1 fully saturated rings. The number of nitrogens with one attached hydrogen (secondary N) is 1. The fraction of sp³-hybridized carbons (Fsp3) is 0.769. The van der Waals surface area contributed by atoms with Crippen molar-refractivity contribution in [2.45, 2.75) is 39.3 Å². The van der Waals surface area contributed by atoms with E-state index in [2.05, 4.69) is 30.5 Å². The summed E-state index contributed by atoms with van der Waals surface area (Å²) < 4.78 is 7.45. The minimum absolute atomic E-state index is 0.372. The van der Waals surface area contributed by atoms with Crippen LogP contribution in [0.4, 0.5) is 0 Å². The van der Waals surface area contributed by atoms with Gasteiger partial charge in [0.05, 0.1) is 12.8 Å². The van der Waals surface area contributed by atoms with Crippen LogP contribution < -0.4 is 5.32 Å². The van der Waals surface area contributed by atoms with Crippen molar-refractivity contribution in [1.82, 2.24) is 15.1 Å². The van der Waals surface area contributed by atoms with Gasteiger partial charge in [0.15, 0.2) is 0 Å². The molecule has 1 N–H and O–H groups in total. The van der Waals surface area contributed by atoms with E-state index < -0.39 is 0 Å². The lowest BCUT2D eigenvalue weighted by atomic mass is 10.0. The molecule has 0 saturated carbocycles.